The Morgan fingerprint density at radius 3 is 0.514 bits per heavy atom. The highest BCUT2D eigenvalue weighted by atomic mass is 28.3. The van der Waals surface area contributed by atoms with Crippen LogP contribution in [0.1, 0.15) is 0 Å². The predicted octanol–water partition coefficient (Wildman–Crippen LogP) is 3.70. The van der Waals surface area contributed by atoms with Crippen molar-refractivity contribution in [3.05, 3.63) is 87.3 Å². The van der Waals surface area contributed by atoms with E-state index in [1.54, 1.807) is 0 Å². The average Bonchev–Trinajstić information content (AvgIpc) is 2.81. The molecule has 0 aliphatic carbocycles. The zero-order valence-corrected chi connectivity index (χ0v) is 16.7. The molecule has 0 aliphatic rings. The van der Waals surface area contributed by atoms with E-state index in [4.69, 9.17) is 5.40 Å². The van der Waals surface area contributed by atoms with Gasteiger partial charge in [0.1, 0.15) is 0 Å². The Bertz CT molecular complexity index is 1170. The highest BCUT2D eigenvalue weighted by Gasteiger charge is 2.53. The maximum absolute atomic E-state index is 14.6. The van der Waals surface area contributed by atoms with E-state index in [1.165, 1.54) is 0 Å². The van der Waals surface area contributed by atoms with Gasteiger partial charge in [-0.3, -0.25) is 0 Å². The molecule has 0 bridgehead atoms. The summed E-state index contributed by atoms with van der Waals surface area (Å²) in [6.07, 6.45) is 0. The molecule has 0 heterocycles. The molecule has 0 atom stereocenters. The first-order valence-corrected chi connectivity index (χ1v) is 10.5. The Kier molecular flexibility index (Phi) is 6.39. The maximum Gasteiger partial charge on any atom is 0.239 e. The molecule has 3 aromatic rings. The third kappa shape index (κ3) is 3.39. The van der Waals surface area contributed by atoms with Crippen molar-refractivity contribution in [2.75, 3.05) is 0 Å². The fraction of sp³-hybridized carbons (Fsp3) is 0. The van der Waals surface area contributed by atoms with Gasteiger partial charge in [-0.1, -0.05) is 0 Å². The Balaban J connectivity index is 2.78. The second-order valence-electron chi connectivity index (χ2n) is 6.64. The first kappa shape index (κ1) is 26.4. The second-order valence-corrected chi connectivity index (χ2v) is 9.76. The van der Waals surface area contributed by atoms with Gasteiger partial charge in [0.25, 0.3) is 0 Å². The molecule has 1 nitrogen and oxygen atoms in total. The maximum atomic E-state index is 14.6. The zero-order valence-electron chi connectivity index (χ0n) is 15.7. The van der Waals surface area contributed by atoms with Crippen LogP contribution in [-0.2, 0) is 0 Å². The van der Waals surface area contributed by atoms with Gasteiger partial charge in [-0.05, 0) is 0 Å². The molecule has 0 aromatic heterocycles. The molecular formula is C18H2F15NSi. The molecule has 0 amide bonds. The first-order valence-electron chi connectivity index (χ1n) is 8.37. The fourth-order valence-corrected chi connectivity index (χ4v) is 6.71. The molecule has 0 saturated heterocycles. The van der Waals surface area contributed by atoms with E-state index in [0.717, 1.165) is 0 Å². The first-order chi connectivity index (χ1) is 16.0. The van der Waals surface area contributed by atoms with Crippen LogP contribution in [0.4, 0.5) is 65.9 Å². The van der Waals surface area contributed by atoms with Gasteiger partial charge in [-0.15, -0.1) is 0 Å². The van der Waals surface area contributed by atoms with Crippen molar-refractivity contribution < 1.29 is 65.9 Å². The fourth-order valence-electron chi connectivity index (χ4n) is 3.23. The molecule has 0 aliphatic heterocycles. The summed E-state index contributed by atoms with van der Waals surface area (Å²) in [5.41, 5.74) is 0. The number of nitrogens with two attached hydrogens (primary N) is 1. The van der Waals surface area contributed by atoms with Crippen LogP contribution in [0.2, 0.25) is 0 Å². The van der Waals surface area contributed by atoms with E-state index in [-0.39, 0.29) is 0 Å². The van der Waals surface area contributed by atoms with E-state index in [2.05, 4.69) is 0 Å². The van der Waals surface area contributed by atoms with Crippen LogP contribution in [0.25, 0.3) is 0 Å². The van der Waals surface area contributed by atoms with Gasteiger partial charge in [0.15, 0.2) is 69.8 Å². The molecule has 3 aromatic carbocycles. The third-order valence-electron chi connectivity index (χ3n) is 4.81. The average molecular weight is 545 g/mol. The van der Waals surface area contributed by atoms with E-state index < -0.39 is 111 Å². The number of hydrogen-bond donors (Lipinski definition) is 1. The Morgan fingerprint density at radius 2 is 0.371 bits per heavy atom. The van der Waals surface area contributed by atoms with Crippen molar-refractivity contribution in [3.63, 3.8) is 0 Å². The van der Waals surface area contributed by atoms with E-state index in [9.17, 15) is 65.9 Å². The summed E-state index contributed by atoms with van der Waals surface area (Å²) >= 11 is 0. The largest absolute Gasteiger partial charge is 0.340 e. The molecule has 17 heteroatoms. The van der Waals surface area contributed by atoms with Crippen molar-refractivity contribution in [3.8, 4) is 0 Å². The van der Waals surface area contributed by atoms with Crippen LogP contribution < -0.4 is 21.0 Å². The van der Waals surface area contributed by atoms with Crippen LogP contribution in [0.15, 0.2) is 0 Å². The Hall–Kier alpha value is -3.21. The summed E-state index contributed by atoms with van der Waals surface area (Å²) < 4.78 is 211. The van der Waals surface area contributed by atoms with Crippen LogP contribution >= 0.6 is 0 Å². The van der Waals surface area contributed by atoms with Gasteiger partial charge in [-0.2, -0.15) is 0 Å². The van der Waals surface area contributed by atoms with Gasteiger partial charge >= 0.3 is 0 Å². The van der Waals surface area contributed by atoms with Crippen LogP contribution in [-0.4, -0.2) is 8.24 Å². The minimum absolute atomic E-state index is 2.78. The van der Waals surface area contributed by atoms with E-state index >= 15 is 0 Å². The molecule has 2 N–H and O–H groups in total. The number of benzene rings is 3. The van der Waals surface area contributed by atoms with Gasteiger partial charge in [-0.25, -0.2) is 65.9 Å². The SMILES string of the molecule is N[Si](c1c(F)c(F)c(F)c(F)c1F)(c1c(F)c(F)c(F)c(F)c1F)c1c(F)c(F)c(F)c(F)c1F. The summed E-state index contributed by atoms with van der Waals surface area (Å²) in [4.78, 5) is 0. The summed E-state index contributed by atoms with van der Waals surface area (Å²) in [5.74, 6) is -46.1. The smallest absolute Gasteiger partial charge is 0.239 e. The highest BCUT2D eigenvalue weighted by molar-refractivity contribution is 7.09. The third-order valence-corrected chi connectivity index (χ3v) is 8.50. The van der Waals surface area contributed by atoms with Crippen LogP contribution in [0.5, 0.6) is 0 Å². The molecule has 0 fully saturated rings. The Morgan fingerprint density at radius 1 is 0.257 bits per heavy atom. The Labute approximate surface area is 183 Å². The number of hydrogen-bond acceptors (Lipinski definition) is 1. The lowest BCUT2D eigenvalue weighted by Gasteiger charge is -2.31. The summed E-state index contributed by atoms with van der Waals surface area (Å²) in [7, 11) is -7.09. The summed E-state index contributed by atoms with van der Waals surface area (Å²) in [6.45, 7) is 0. The lowest BCUT2D eigenvalue weighted by Crippen LogP contribution is -2.79. The van der Waals surface area contributed by atoms with Gasteiger partial charge < -0.3 is 5.40 Å². The predicted molar refractivity (Wildman–Crippen MR) is 87.5 cm³/mol. The minimum Gasteiger partial charge on any atom is -0.340 e. The monoisotopic (exact) mass is 545 g/mol. The van der Waals surface area contributed by atoms with Crippen molar-refractivity contribution >= 4 is 23.8 Å². The van der Waals surface area contributed by atoms with Gasteiger partial charge in [0.05, 0.1) is 0 Å². The molecule has 0 saturated carbocycles. The van der Waals surface area contributed by atoms with Crippen molar-refractivity contribution in [2.24, 2.45) is 5.40 Å². The van der Waals surface area contributed by atoms with Gasteiger partial charge in [0, 0.05) is 15.6 Å². The van der Waals surface area contributed by atoms with Crippen LogP contribution in [0, 0.1) is 87.3 Å². The van der Waals surface area contributed by atoms with Gasteiger partial charge in [0.2, 0.25) is 25.7 Å². The van der Waals surface area contributed by atoms with Crippen molar-refractivity contribution in [1.82, 2.24) is 0 Å². The topological polar surface area (TPSA) is 26.0 Å². The lowest BCUT2D eigenvalue weighted by atomic mass is 10.3. The molecule has 3 rings (SSSR count). The molecule has 0 unspecified atom stereocenters. The lowest BCUT2D eigenvalue weighted by molar-refractivity contribution is 0.379. The minimum atomic E-state index is -7.09. The number of halogens is 15. The molecule has 0 spiro atoms. The van der Waals surface area contributed by atoms with E-state index in [1.807, 2.05) is 0 Å². The highest BCUT2D eigenvalue weighted by Crippen LogP contribution is 2.25. The zero-order chi connectivity index (χ0) is 26.9. The summed E-state index contributed by atoms with van der Waals surface area (Å²) in [5, 5.41) is -2.97. The van der Waals surface area contributed by atoms with Crippen molar-refractivity contribution in [2.45, 2.75) is 0 Å². The summed E-state index contributed by atoms with van der Waals surface area (Å²) in [6, 6.07) is 0. The second kappa shape index (κ2) is 8.47. The van der Waals surface area contributed by atoms with Crippen molar-refractivity contribution in [1.29, 1.82) is 0 Å². The number of rotatable bonds is 3. The standard InChI is InChI=1S/C18H2F15NSi/c19-1-4(22)10(28)16(11(29)5(1)23)35(34,17-12(30)6(24)2(20)7(25)13(17)31)18-14(32)8(26)3(21)9(27)15(18)33/h34H2. The molecule has 0 radical (unpaired) electrons. The molecule has 188 valence electrons. The van der Waals surface area contributed by atoms with Crippen LogP contribution in [0.3, 0.4) is 0 Å². The quantitative estimate of drug-likeness (QED) is 0.176. The molecule has 35 heavy (non-hydrogen) atoms. The van der Waals surface area contributed by atoms with E-state index in [0.29, 0.717) is 0 Å². The normalized spacial score (nSPS) is 12.0. The molecular weight excluding hydrogens is 543 g/mol.